The van der Waals surface area contributed by atoms with E-state index in [4.69, 9.17) is 9.84 Å². The molecule has 0 aliphatic carbocycles. The Morgan fingerprint density at radius 3 is 2.95 bits per heavy atom. The summed E-state index contributed by atoms with van der Waals surface area (Å²) in [7, 11) is 1.57. The van der Waals surface area contributed by atoms with Crippen molar-refractivity contribution in [3.63, 3.8) is 0 Å². The molecule has 0 aromatic carbocycles. The second-order valence-electron chi connectivity index (χ2n) is 4.53. The lowest BCUT2D eigenvalue weighted by Crippen LogP contribution is -2.38. The van der Waals surface area contributed by atoms with Crippen molar-refractivity contribution in [3.8, 4) is 0 Å². The SMILES string of the molecule is COCCC(C)(O)CNCc1ncncc1C(=O)O. The Hall–Kier alpha value is -1.57. The van der Waals surface area contributed by atoms with Gasteiger partial charge in [0.25, 0.3) is 0 Å². The molecule has 0 bridgehead atoms. The van der Waals surface area contributed by atoms with Crippen molar-refractivity contribution in [2.45, 2.75) is 25.5 Å². The minimum absolute atomic E-state index is 0.0616. The summed E-state index contributed by atoms with van der Waals surface area (Å²) < 4.78 is 4.91. The molecule has 0 fully saturated rings. The lowest BCUT2D eigenvalue weighted by atomic mass is 10.0. The monoisotopic (exact) mass is 269 g/mol. The summed E-state index contributed by atoms with van der Waals surface area (Å²) in [5, 5.41) is 22.0. The first-order chi connectivity index (χ1) is 8.96. The second kappa shape index (κ2) is 7.13. The Morgan fingerprint density at radius 1 is 1.58 bits per heavy atom. The van der Waals surface area contributed by atoms with Gasteiger partial charge in [0.2, 0.25) is 0 Å². The highest BCUT2D eigenvalue weighted by molar-refractivity contribution is 5.88. The van der Waals surface area contributed by atoms with Gasteiger partial charge in [-0.2, -0.15) is 0 Å². The summed E-state index contributed by atoms with van der Waals surface area (Å²) in [5.74, 6) is -1.07. The molecular weight excluding hydrogens is 250 g/mol. The fraction of sp³-hybridized carbons (Fsp3) is 0.583. The van der Waals surface area contributed by atoms with Gasteiger partial charge in [-0.1, -0.05) is 0 Å². The summed E-state index contributed by atoms with van der Waals surface area (Å²) >= 11 is 0. The number of carbonyl (C=O) groups is 1. The number of carboxylic acid groups (broad SMARTS) is 1. The molecule has 0 spiro atoms. The third kappa shape index (κ3) is 5.29. The third-order valence-corrected chi connectivity index (χ3v) is 2.67. The van der Waals surface area contributed by atoms with Gasteiger partial charge in [-0.05, 0) is 6.92 Å². The molecule has 1 heterocycles. The van der Waals surface area contributed by atoms with E-state index in [1.165, 1.54) is 12.5 Å². The van der Waals surface area contributed by atoms with Gasteiger partial charge in [0.1, 0.15) is 11.9 Å². The quantitative estimate of drug-likeness (QED) is 0.612. The number of aromatic nitrogens is 2. The Balaban J connectivity index is 2.51. The van der Waals surface area contributed by atoms with Crippen molar-refractivity contribution < 1.29 is 19.7 Å². The first-order valence-corrected chi connectivity index (χ1v) is 5.90. The number of aromatic carboxylic acids is 1. The average Bonchev–Trinajstić information content (AvgIpc) is 2.36. The van der Waals surface area contributed by atoms with Gasteiger partial charge >= 0.3 is 5.97 Å². The van der Waals surface area contributed by atoms with Crippen LogP contribution in [-0.2, 0) is 11.3 Å². The van der Waals surface area contributed by atoms with E-state index in [1.54, 1.807) is 14.0 Å². The summed E-state index contributed by atoms with van der Waals surface area (Å²) in [4.78, 5) is 18.5. The Kier molecular flexibility index (Phi) is 5.81. The fourth-order valence-corrected chi connectivity index (χ4v) is 1.53. The molecule has 0 saturated carbocycles. The summed E-state index contributed by atoms with van der Waals surface area (Å²) in [6.07, 6.45) is 3.05. The maximum absolute atomic E-state index is 10.9. The molecule has 0 aliphatic heterocycles. The summed E-state index contributed by atoms with van der Waals surface area (Å²) in [6.45, 7) is 2.73. The minimum Gasteiger partial charge on any atom is -0.478 e. The van der Waals surface area contributed by atoms with Crippen LogP contribution in [0.1, 0.15) is 29.4 Å². The van der Waals surface area contributed by atoms with Crippen LogP contribution in [0.2, 0.25) is 0 Å². The Labute approximate surface area is 111 Å². The molecule has 1 rings (SSSR count). The zero-order valence-electron chi connectivity index (χ0n) is 11.1. The topological polar surface area (TPSA) is 105 Å². The van der Waals surface area contributed by atoms with Crippen LogP contribution in [0.3, 0.4) is 0 Å². The molecule has 1 aromatic rings. The first-order valence-electron chi connectivity index (χ1n) is 5.90. The molecule has 0 radical (unpaired) electrons. The molecule has 0 amide bonds. The molecule has 3 N–H and O–H groups in total. The van der Waals surface area contributed by atoms with Crippen LogP contribution in [0.5, 0.6) is 0 Å². The number of ether oxygens (including phenoxy) is 1. The van der Waals surface area contributed by atoms with E-state index in [-0.39, 0.29) is 12.1 Å². The van der Waals surface area contributed by atoms with Gasteiger partial charge in [0, 0.05) is 39.4 Å². The standard InChI is InChI=1S/C12H19N3O4/c1-12(18,3-4-19-2)7-13-6-10-9(11(16)17)5-14-8-15-10/h5,8,13,18H,3-4,6-7H2,1-2H3,(H,16,17). The molecular formula is C12H19N3O4. The molecule has 1 atom stereocenters. The van der Waals surface area contributed by atoms with E-state index in [9.17, 15) is 9.90 Å². The van der Waals surface area contributed by atoms with Crippen LogP contribution in [0.25, 0.3) is 0 Å². The van der Waals surface area contributed by atoms with Crippen molar-refractivity contribution in [3.05, 3.63) is 23.8 Å². The summed E-state index contributed by atoms with van der Waals surface area (Å²) in [5.41, 5.74) is -0.455. The number of methoxy groups -OCH3 is 1. The highest BCUT2D eigenvalue weighted by Gasteiger charge is 2.20. The normalized spacial score (nSPS) is 14.1. The smallest absolute Gasteiger partial charge is 0.339 e. The maximum Gasteiger partial charge on any atom is 0.339 e. The number of aliphatic hydroxyl groups is 1. The molecule has 1 unspecified atom stereocenters. The zero-order chi connectivity index (χ0) is 14.3. The van der Waals surface area contributed by atoms with Crippen LogP contribution in [0.4, 0.5) is 0 Å². The predicted molar refractivity (Wildman–Crippen MR) is 67.8 cm³/mol. The molecule has 0 saturated heterocycles. The molecule has 1 aromatic heterocycles. The van der Waals surface area contributed by atoms with Crippen molar-refractivity contribution in [2.24, 2.45) is 0 Å². The van der Waals surface area contributed by atoms with Gasteiger partial charge in [-0.15, -0.1) is 0 Å². The molecule has 7 nitrogen and oxygen atoms in total. The van der Waals surface area contributed by atoms with Crippen molar-refractivity contribution in [2.75, 3.05) is 20.3 Å². The van der Waals surface area contributed by atoms with Crippen LogP contribution >= 0.6 is 0 Å². The highest BCUT2D eigenvalue weighted by atomic mass is 16.5. The predicted octanol–water partition coefficient (Wildman–Crippen LogP) is 0.0519. The Morgan fingerprint density at radius 2 is 2.32 bits per heavy atom. The zero-order valence-corrected chi connectivity index (χ0v) is 11.1. The van der Waals surface area contributed by atoms with E-state index in [0.29, 0.717) is 25.3 Å². The van der Waals surface area contributed by atoms with Gasteiger partial charge in [0.05, 0.1) is 11.3 Å². The first kappa shape index (κ1) is 15.5. The molecule has 19 heavy (non-hydrogen) atoms. The van der Waals surface area contributed by atoms with Gasteiger partial charge in [0.15, 0.2) is 0 Å². The number of hydrogen-bond acceptors (Lipinski definition) is 6. The number of hydrogen-bond donors (Lipinski definition) is 3. The lowest BCUT2D eigenvalue weighted by molar-refractivity contribution is 0.0247. The highest BCUT2D eigenvalue weighted by Crippen LogP contribution is 2.09. The average molecular weight is 269 g/mol. The minimum atomic E-state index is -1.07. The number of carboxylic acids is 1. The van der Waals surface area contributed by atoms with E-state index in [2.05, 4.69) is 15.3 Å². The van der Waals surface area contributed by atoms with Crippen molar-refractivity contribution >= 4 is 5.97 Å². The molecule has 7 heteroatoms. The molecule has 0 aliphatic rings. The van der Waals surface area contributed by atoms with Crippen LogP contribution < -0.4 is 5.32 Å². The number of nitrogens with zero attached hydrogens (tertiary/aromatic N) is 2. The Bertz CT molecular complexity index is 423. The van der Waals surface area contributed by atoms with Gasteiger partial charge in [-0.25, -0.2) is 14.8 Å². The van der Waals surface area contributed by atoms with E-state index in [1.807, 2.05) is 0 Å². The number of nitrogens with one attached hydrogen (secondary N) is 1. The van der Waals surface area contributed by atoms with E-state index < -0.39 is 11.6 Å². The van der Waals surface area contributed by atoms with E-state index in [0.717, 1.165) is 0 Å². The van der Waals surface area contributed by atoms with Crippen LogP contribution in [0, 0.1) is 0 Å². The summed E-state index contributed by atoms with van der Waals surface area (Å²) in [6, 6.07) is 0. The molecule has 106 valence electrons. The second-order valence-corrected chi connectivity index (χ2v) is 4.53. The van der Waals surface area contributed by atoms with Gasteiger partial charge < -0.3 is 20.3 Å². The van der Waals surface area contributed by atoms with E-state index >= 15 is 0 Å². The van der Waals surface area contributed by atoms with Crippen LogP contribution in [0.15, 0.2) is 12.5 Å². The number of rotatable bonds is 8. The third-order valence-electron chi connectivity index (χ3n) is 2.67. The lowest BCUT2D eigenvalue weighted by Gasteiger charge is -2.23. The maximum atomic E-state index is 10.9. The van der Waals surface area contributed by atoms with Crippen LogP contribution in [-0.4, -0.2) is 52.0 Å². The van der Waals surface area contributed by atoms with Gasteiger partial charge in [-0.3, -0.25) is 0 Å². The van der Waals surface area contributed by atoms with Crippen molar-refractivity contribution in [1.29, 1.82) is 0 Å². The fourth-order valence-electron chi connectivity index (χ4n) is 1.53. The largest absolute Gasteiger partial charge is 0.478 e. The van der Waals surface area contributed by atoms with Crippen molar-refractivity contribution in [1.82, 2.24) is 15.3 Å².